The van der Waals surface area contributed by atoms with Crippen molar-refractivity contribution < 1.29 is 4.39 Å². The summed E-state index contributed by atoms with van der Waals surface area (Å²) in [5.74, 6) is 0. The molecule has 0 bridgehead atoms. The van der Waals surface area contributed by atoms with E-state index in [9.17, 15) is 4.39 Å². The van der Waals surface area contributed by atoms with Gasteiger partial charge in [-0.15, -0.1) is 0 Å². The van der Waals surface area contributed by atoms with Crippen LogP contribution in [0.1, 0.15) is 18.4 Å². The summed E-state index contributed by atoms with van der Waals surface area (Å²) < 4.78 is 12.3. The molecule has 0 saturated carbocycles. The van der Waals surface area contributed by atoms with E-state index >= 15 is 0 Å². The fraction of sp³-hybridized carbons (Fsp3) is 0.364. The van der Waals surface area contributed by atoms with Crippen LogP contribution in [0.15, 0.2) is 35.3 Å². The summed E-state index contributed by atoms with van der Waals surface area (Å²) in [4.78, 5) is 4.32. The molecule has 1 nitrogen and oxygen atoms in total. The predicted octanol–water partition coefficient (Wildman–Crippen LogP) is 2.61. The van der Waals surface area contributed by atoms with Crippen LogP contribution in [0.4, 0.5) is 4.39 Å². The second kappa shape index (κ2) is 3.69. The van der Waals surface area contributed by atoms with Crippen molar-refractivity contribution in [2.45, 2.75) is 18.9 Å². The van der Waals surface area contributed by atoms with Crippen LogP contribution in [0.3, 0.4) is 0 Å². The van der Waals surface area contributed by atoms with Crippen molar-refractivity contribution in [3.05, 3.63) is 35.9 Å². The van der Waals surface area contributed by atoms with Crippen LogP contribution in [-0.4, -0.2) is 18.4 Å². The van der Waals surface area contributed by atoms with Crippen molar-refractivity contribution in [2.24, 2.45) is 4.99 Å². The third kappa shape index (κ3) is 1.77. The Morgan fingerprint density at radius 3 is 2.69 bits per heavy atom. The van der Waals surface area contributed by atoms with Gasteiger partial charge in [-0.25, -0.2) is 4.39 Å². The molecule has 0 radical (unpaired) electrons. The molecule has 1 aromatic carbocycles. The number of aliphatic imine (C=N–C) groups is 1. The third-order valence-corrected chi connectivity index (χ3v) is 2.34. The van der Waals surface area contributed by atoms with Gasteiger partial charge >= 0.3 is 0 Å². The Bertz CT molecular complexity index is 305. The van der Waals surface area contributed by atoms with Gasteiger partial charge in [0.05, 0.1) is 6.04 Å². The minimum Gasteiger partial charge on any atom is -0.283 e. The van der Waals surface area contributed by atoms with Crippen LogP contribution in [-0.2, 0) is 0 Å². The zero-order valence-electron chi connectivity index (χ0n) is 7.41. The standard InChI is InChI=1S/C11H12FN/c12-8-10-6-7-11(13-10)9-4-2-1-3-5-9/h1-5,10H,6-8H2. The Morgan fingerprint density at radius 2 is 2.08 bits per heavy atom. The van der Waals surface area contributed by atoms with Gasteiger partial charge < -0.3 is 0 Å². The van der Waals surface area contributed by atoms with Crippen molar-refractivity contribution in [3.8, 4) is 0 Å². The summed E-state index contributed by atoms with van der Waals surface area (Å²) in [7, 11) is 0. The molecule has 1 aliphatic rings. The van der Waals surface area contributed by atoms with Crippen molar-refractivity contribution in [3.63, 3.8) is 0 Å². The first kappa shape index (κ1) is 8.42. The van der Waals surface area contributed by atoms with Gasteiger partial charge in [0.2, 0.25) is 0 Å². The molecule has 1 aromatic rings. The number of rotatable bonds is 2. The number of hydrogen-bond acceptors (Lipinski definition) is 1. The fourth-order valence-corrected chi connectivity index (χ4v) is 1.61. The number of nitrogens with zero attached hydrogens (tertiary/aromatic N) is 1. The molecule has 1 unspecified atom stereocenters. The van der Waals surface area contributed by atoms with E-state index in [2.05, 4.69) is 4.99 Å². The number of benzene rings is 1. The number of halogens is 1. The largest absolute Gasteiger partial charge is 0.283 e. The van der Waals surface area contributed by atoms with Gasteiger partial charge in [0.25, 0.3) is 0 Å². The van der Waals surface area contributed by atoms with E-state index in [1.807, 2.05) is 30.3 Å². The maximum absolute atomic E-state index is 12.3. The number of alkyl halides is 1. The smallest absolute Gasteiger partial charge is 0.112 e. The highest BCUT2D eigenvalue weighted by molar-refractivity contribution is 6.01. The lowest BCUT2D eigenvalue weighted by Crippen LogP contribution is -2.00. The van der Waals surface area contributed by atoms with Gasteiger partial charge in [0, 0.05) is 5.71 Å². The quantitative estimate of drug-likeness (QED) is 0.658. The molecule has 1 aliphatic heterocycles. The van der Waals surface area contributed by atoms with Crippen molar-refractivity contribution >= 4 is 5.71 Å². The van der Waals surface area contributed by atoms with Crippen LogP contribution in [0.25, 0.3) is 0 Å². The van der Waals surface area contributed by atoms with E-state index in [1.54, 1.807) is 0 Å². The molecule has 0 spiro atoms. The predicted molar refractivity (Wildman–Crippen MR) is 52.0 cm³/mol. The van der Waals surface area contributed by atoms with E-state index in [-0.39, 0.29) is 12.7 Å². The van der Waals surface area contributed by atoms with E-state index in [4.69, 9.17) is 0 Å². The van der Waals surface area contributed by atoms with Gasteiger partial charge in [-0.05, 0) is 18.4 Å². The Hall–Kier alpha value is -1.18. The molecule has 68 valence electrons. The summed E-state index contributed by atoms with van der Waals surface area (Å²) in [6.45, 7) is -0.323. The van der Waals surface area contributed by atoms with Crippen molar-refractivity contribution in [1.29, 1.82) is 0 Å². The average molecular weight is 177 g/mol. The normalized spacial score (nSPS) is 21.6. The average Bonchev–Trinajstić information content (AvgIpc) is 2.67. The van der Waals surface area contributed by atoms with Gasteiger partial charge in [0.15, 0.2) is 0 Å². The highest BCUT2D eigenvalue weighted by atomic mass is 19.1. The molecule has 0 fully saturated rings. The molecule has 13 heavy (non-hydrogen) atoms. The lowest BCUT2D eigenvalue weighted by atomic mass is 10.1. The summed E-state index contributed by atoms with van der Waals surface area (Å²) in [5, 5.41) is 0. The third-order valence-electron chi connectivity index (χ3n) is 2.34. The zero-order chi connectivity index (χ0) is 9.10. The van der Waals surface area contributed by atoms with E-state index in [0.29, 0.717) is 0 Å². The Balaban J connectivity index is 2.19. The molecule has 0 aromatic heterocycles. The Labute approximate surface area is 77.3 Å². The lowest BCUT2D eigenvalue weighted by Gasteiger charge is -1.98. The molecule has 1 heterocycles. The van der Waals surface area contributed by atoms with Crippen LogP contribution in [0, 0.1) is 0 Å². The molecule has 0 amide bonds. The summed E-state index contributed by atoms with van der Waals surface area (Å²) in [6, 6.07) is 9.92. The Kier molecular flexibility index (Phi) is 2.39. The second-order valence-electron chi connectivity index (χ2n) is 3.29. The first-order chi connectivity index (χ1) is 6.40. The van der Waals surface area contributed by atoms with Gasteiger partial charge in [-0.2, -0.15) is 0 Å². The van der Waals surface area contributed by atoms with Crippen LogP contribution in [0.2, 0.25) is 0 Å². The van der Waals surface area contributed by atoms with Crippen LogP contribution >= 0.6 is 0 Å². The summed E-state index contributed by atoms with van der Waals surface area (Å²) >= 11 is 0. The van der Waals surface area contributed by atoms with E-state index in [1.165, 1.54) is 0 Å². The molecule has 0 N–H and O–H groups in total. The maximum atomic E-state index is 12.3. The topological polar surface area (TPSA) is 12.4 Å². The molecular formula is C11H12FN. The van der Waals surface area contributed by atoms with Gasteiger partial charge in [-0.3, -0.25) is 4.99 Å². The SMILES string of the molecule is FCC1CCC(c2ccccc2)=N1. The first-order valence-corrected chi connectivity index (χ1v) is 4.58. The summed E-state index contributed by atoms with van der Waals surface area (Å²) in [6.07, 6.45) is 1.78. The second-order valence-corrected chi connectivity index (χ2v) is 3.29. The minimum atomic E-state index is -0.323. The number of hydrogen-bond donors (Lipinski definition) is 0. The molecule has 2 rings (SSSR count). The van der Waals surface area contributed by atoms with Crippen molar-refractivity contribution in [1.82, 2.24) is 0 Å². The maximum Gasteiger partial charge on any atom is 0.112 e. The zero-order valence-corrected chi connectivity index (χ0v) is 7.41. The molecular weight excluding hydrogens is 165 g/mol. The molecule has 0 saturated heterocycles. The highest BCUT2D eigenvalue weighted by Gasteiger charge is 2.17. The van der Waals surface area contributed by atoms with Gasteiger partial charge in [-0.1, -0.05) is 30.3 Å². The molecule has 2 heteroatoms. The van der Waals surface area contributed by atoms with E-state index < -0.39 is 0 Å². The monoisotopic (exact) mass is 177 g/mol. The first-order valence-electron chi connectivity index (χ1n) is 4.58. The minimum absolute atomic E-state index is 0.0878. The Morgan fingerprint density at radius 1 is 1.31 bits per heavy atom. The lowest BCUT2D eigenvalue weighted by molar-refractivity contribution is 0.429. The van der Waals surface area contributed by atoms with E-state index in [0.717, 1.165) is 24.1 Å². The van der Waals surface area contributed by atoms with Crippen LogP contribution < -0.4 is 0 Å². The van der Waals surface area contributed by atoms with Crippen LogP contribution in [0.5, 0.6) is 0 Å². The fourth-order valence-electron chi connectivity index (χ4n) is 1.61. The van der Waals surface area contributed by atoms with Gasteiger partial charge in [0.1, 0.15) is 6.67 Å². The highest BCUT2D eigenvalue weighted by Crippen LogP contribution is 2.18. The summed E-state index contributed by atoms with van der Waals surface area (Å²) in [5.41, 5.74) is 2.20. The molecule has 1 atom stereocenters. The van der Waals surface area contributed by atoms with Crippen molar-refractivity contribution in [2.75, 3.05) is 6.67 Å². The molecule has 0 aliphatic carbocycles.